The quantitative estimate of drug-likeness (QED) is 0.523. The van der Waals surface area contributed by atoms with Crippen molar-refractivity contribution in [1.29, 1.82) is 0 Å². The van der Waals surface area contributed by atoms with Crippen molar-refractivity contribution in [3.63, 3.8) is 0 Å². The number of carbonyl (C=O) groups excluding carboxylic acids is 3. The molecule has 0 aliphatic carbocycles. The third-order valence-electron chi connectivity index (χ3n) is 5.39. The maximum absolute atomic E-state index is 12.8. The number of para-hydroxylation sites is 1. The van der Waals surface area contributed by atoms with Crippen molar-refractivity contribution < 1.29 is 28.6 Å². The third-order valence-corrected chi connectivity index (χ3v) is 5.39. The Morgan fingerprint density at radius 2 is 1.71 bits per heavy atom. The first-order valence-corrected chi connectivity index (χ1v) is 10.7. The van der Waals surface area contributed by atoms with Crippen LogP contribution >= 0.6 is 0 Å². The molecule has 0 radical (unpaired) electrons. The summed E-state index contributed by atoms with van der Waals surface area (Å²) in [7, 11) is 0. The minimum Gasteiger partial charge on any atom is -0.457 e. The van der Waals surface area contributed by atoms with Crippen molar-refractivity contribution in [2.24, 2.45) is 0 Å². The molecule has 3 aromatic rings. The summed E-state index contributed by atoms with van der Waals surface area (Å²) in [6.07, 6.45) is -0.176. The molecule has 1 fully saturated rings. The highest BCUT2D eigenvalue weighted by molar-refractivity contribution is 6.06. The van der Waals surface area contributed by atoms with Gasteiger partial charge in [0, 0.05) is 5.69 Å². The first kappa shape index (κ1) is 21.3. The fraction of sp³-hybridized carbons (Fsp3) is 0.160. The molecule has 2 heterocycles. The van der Waals surface area contributed by atoms with E-state index in [9.17, 15) is 14.4 Å². The Bertz CT molecular complexity index is 1230. The predicted octanol–water partition coefficient (Wildman–Crippen LogP) is 3.66. The Kier molecular flexibility index (Phi) is 5.73. The molecule has 1 atom stereocenters. The second-order valence-electron chi connectivity index (χ2n) is 7.81. The van der Waals surface area contributed by atoms with Crippen LogP contribution in [-0.2, 0) is 16.1 Å². The number of anilines is 1. The molecule has 3 aromatic carbocycles. The number of hydrogen-bond acceptors (Lipinski definition) is 6. The van der Waals surface area contributed by atoms with Crippen LogP contribution in [0.4, 0.5) is 10.5 Å². The fourth-order valence-electron chi connectivity index (χ4n) is 3.72. The van der Waals surface area contributed by atoms with Crippen LogP contribution < -0.4 is 24.8 Å². The number of amides is 4. The van der Waals surface area contributed by atoms with Gasteiger partial charge in [0.1, 0.15) is 17.5 Å². The van der Waals surface area contributed by atoms with Crippen LogP contribution in [0.15, 0.2) is 72.8 Å². The molecule has 9 nitrogen and oxygen atoms in total. The molecule has 0 saturated carbocycles. The summed E-state index contributed by atoms with van der Waals surface area (Å²) in [5.41, 5.74) is 1.27. The van der Waals surface area contributed by atoms with Gasteiger partial charge in [-0.3, -0.25) is 14.5 Å². The largest absolute Gasteiger partial charge is 0.457 e. The van der Waals surface area contributed by atoms with Crippen LogP contribution in [0.1, 0.15) is 12.0 Å². The second-order valence-corrected chi connectivity index (χ2v) is 7.81. The lowest BCUT2D eigenvalue weighted by atomic mass is 10.1. The molecule has 2 aliphatic heterocycles. The molecule has 0 spiro atoms. The fourth-order valence-corrected chi connectivity index (χ4v) is 3.72. The van der Waals surface area contributed by atoms with Gasteiger partial charge in [-0.2, -0.15) is 0 Å². The summed E-state index contributed by atoms with van der Waals surface area (Å²) < 4.78 is 16.3. The van der Waals surface area contributed by atoms with E-state index in [0.717, 1.165) is 10.5 Å². The minimum absolute atomic E-state index is 0.0717. The summed E-state index contributed by atoms with van der Waals surface area (Å²) in [5.74, 6) is 1.68. The van der Waals surface area contributed by atoms with Crippen molar-refractivity contribution in [1.82, 2.24) is 10.2 Å². The first-order chi connectivity index (χ1) is 16.5. The van der Waals surface area contributed by atoms with E-state index in [0.29, 0.717) is 28.7 Å². The number of benzene rings is 3. The SMILES string of the molecule is O=C(C[C@@H]1NC(=O)N(Cc2ccc3c(c2)OCO3)C1=O)Nc1ccc(Oc2ccccc2)cc1. The topological polar surface area (TPSA) is 106 Å². The molecule has 0 aromatic heterocycles. The third kappa shape index (κ3) is 4.63. The molecule has 172 valence electrons. The van der Waals surface area contributed by atoms with Crippen LogP contribution in [-0.4, -0.2) is 35.6 Å². The summed E-state index contributed by atoms with van der Waals surface area (Å²) in [6.45, 7) is 0.212. The van der Waals surface area contributed by atoms with E-state index < -0.39 is 18.0 Å². The number of hydrogen-bond donors (Lipinski definition) is 2. The monoisotopic (exact) mass is 459 g/mol. The van der Waals surface area contributed by atoms with E-state index in [1.807, 2.05) is 30.3 Å². The van der Waals surface area contributed by atoms with Gasteiger partial charge in [-0.1, -0.05) is 24.3 Å². The molecule has 34 heavy (non-hydrogen) atoms. The van der Waals surface area contributed by atoms with Crippen molar-refractivity contribution >= 4 is 23.5 Å². The zero-order valence-corrected chi connectivity index (χ0v) is 18.0. The average Bonchev–Trinajstić information content (AvgIpc) is 3.41. The zero-order chi connectivity index (χ0) is 23.5. The standard InChI is InChI=1S/C25H21N3O6/c29-23(26-17-7-9-19(10-8-17)34-18-4-2-1-3-5-18)13-20-24(30)28(25(31)27-20)14-16-6-11-21-22(12-16)33-15-32-21/h1-12,20H,13-15H2,(H,26,29)(H,27,31)/t20-/m0/s1. The molecule has 9 heteroatoms. The van der Waals surface area contributed by atoms with E-state index in [1.165, 1.54) is 0 Å². The summed E-state index contributed by atoms with van der Waals surface area (Å²) >= 11 is 0. The van der Waals surface area contributed by atoms with E-state index in [2.05, 4.69) is 10.6 Å². The Labute approximate surface area is 195 Å². The Hall–Kier alpha value is -4.53. The van der Waals surface area contributed by atoms with Gasteiger partial charge in [0.15, 0.2) is 11.5 Å². The Balaban J connectivity index is 1.15. The molecule has 0 unspecified atom stereocenters. The van der Waals surface area contributed by atoms with Crippen molar-refractivity contribution in [2.75, 3.05) is 12.1 Å². The number of ether oxygens (including phenoxy) is 3. The average molecular weight is 459 g/mol. The Morgan fingerprint density at radius 3 is 2.50 bits per heavy atom. The van der Waals surface area contributed by atoms with Gasteiger partial charge in [0.05, 0.1) is 13.0 Å². The smallest absolute Gasteiger partial charge is 0.325 e. The number of rotatable bonds is 7. The van der Waals surface area contributed by atoms with Crippen LogP contribution in [0.25, 0.3) is 0 Å². The van der Waals surface area contributed by atoms with E-state index in [4.69, 9.17) is 14.2 Å². The lowest BCUT2D eigenvalue weighted by Gasteiger charge is -2.13. The number of urea groups is 1. The highest BCUT2D eigenvalue weighted by atomic mass is 16.7. The van der Waals surface area contributed by atoms with Crippen LogP contribution in [0.2, 0.25) is 0 Å². The van der Waals surface area contributed by atoms with Gasteiger partial charge in [-0.05, 0) is 54.1 Å². The van der Waals surface area contributed by atoms with E-state index >= 15 is 0 Å². The summed E-state index contributed by atoms with van der Waals surface area (Å²) in [6, 6.07) is 20.0. The van der Waals surface area contributed by atoms with Crippen molar-refractivity contribution in [2.45, 2.75) is 19.0 Å². The molecule has 4 amide bonds. The zero-order valence-electron chi connectivity index (χ0n) is 18.0. The number of carbonyl (C=O) groups is 3. The van der Waals surface area contributed by atoms with E-state index in [1.54, 1.807) is 42.5 Å². The maximum atomic E-state index is 12.8. The van der Waals surface area contributed by atoms with Crippen LogP contribution in [0.5, 0.6) is 23.0 Å². The van der Waals surface area contributed by atoms with Gasteiger partial charge in [0.2, 0.25) is 12.7 Å². The Morgan fingerprint density at radius 1 is 0.971 bits per heavy atom. The molecule has 1 saturated heterocycles. The minimum atomic E-state index is -0.929. The van der Waals surface area contributed by atoms with Crippen molar-refractivity contribution in [3.05, 3.63) is 78.4 Å². The lowest BCUT2D eigenvalue weighted by molar-refractivity contribution is -0.130. The molecular weight excluding hydrogens is 438 g/mol. The van der Waals surface area contributed by atoms with Crippen molar-refractivity contribution in [3.8, 4) is 23.0 Å². The van der Waals surface area contributed by atoms with Crippen LogP contribution in [0, 0.1) is 0 Å². The highest BCUT2D eigenvalue weighted by Gasteiger charge is 2.39. The maximum Gasteiger partial charge on any atom is 0.325 e. The normalized spacial score (nSPS) is 16.4. The highest BCUT2D eigenvalue weighted by Crippen LogP contribution is 2.33. The summed E-state index contributed by atoms with van der Waals surface area (Å²) in [5, 5.41) is 5.32. The van der Waals surface area contributed by atoms with Gasteiger partial charge < -0.3 is 24.8 Å². The molecule has 2 N–H and O–H groups in total. The summed E-state index contributed by atoms with van der Waals surface area (Å²) in [4.78, 5) is 38.7. The molecule has 0 bridgehead atoms. The van der Waals surface area contributed by atoms with Gasteiger partial charge in [0.25, 0.3) is 5.91 Å². The molecule has 5 rings (SSSR count). The van der Waals surface area contributed by atoms with Gasteiger partial charge >= 0.3 is 6.03 Å². The number of fused-ring (bicyclic) bond motifs is 1. The van der Waals surface area contributed by atoms with Gasteiger partial charge in [-0.15, -0.1) is 0 Å². The number of nitrogens with zero attached hydrogens (tertiary/aromatic N) is 1. The number of imide groups is 1. The predicted molar refractivity (Wildman–Crippen MR) is 122 cm³/mol. The number of nitrogens with one attached hydrogen (secondary N) is 2. The van der Waals surface area contributed by atoms with Gasteiger partial charge in [-0.25, -0.2) is 4.79 Å². The first-order valence-electron chi connectivity index (χ1n) is 10.7. The second kappa shape index (κ2) is 9.14. The van der Waals surface area contributed by atoms with E-state index in [-0.39, 0.29) is 25.7 Å². The molecular formula is C25H21N3O6. The lowest BCUT2D eigenvalue weighted by Crippen LogP contribution is -2.34. The van der Waals surface area contributed by atoms with Crippen LogP contribution in [0.3, 0.4) is 0 Å². The molecule has 2 aliphatic rings.